The molecule has 0 radical (unpaired) electrons. The predicted octanol–water partition coefficient (Wildman–Crippen LogP) is 2.02. The number of halogens is 2. The molecule has 0 bridgehead atoms. The van der Waals surface area contributed by atoms with E-state index in [1.54, 1.807) is 12.1 Å². The number of rotatable bonds is 3. The molecule has 72 valence electrons. The number of hydrogen-bond donors (Lipinski definition) is 0. The average Bonchev–Trinajstić information content (AvgIpc) is 2.18. The van der Waals surface area contributed by atoms with Gasteiger partial charge in [-0.3, -0.25) is 0 Å². The molecule has 0 saturated heterocycles. The Morgan fingerprint density at radius 2 is 1.54 bits per heavy atom. The molecular formula is C8H10Cl2O2Si. The zero-order valence-electron chi connectivity index (χ0n) is 7.38. The third-order valence-corrected chi connectivity index (χ3v) is 5.62. The first kappa shape index (κ1) is 11.0. The van der Waals surface area contributed by atoms with Crippen LogP contribution in [0.2, 0.25) is 5.02 Å². The molecule has 0 spiro atoms. The minimum Gasteiger partial charge on any atom is -0.383 e. The zero-order chi connectivity index (χ0) is 9.90. The summed E-state index contributed by atoms with van der Waals surface area (Å²) >= 11 is 11.9. The third-order valence-electron chi connectivity index (χ3n) is 1.71. The highest BCUT2D eigenvalue weighted by Crippen LogP contribution is 2.13. The van der Waals surface area contributed by atoms with Crippen molar-refractivity contribution in [2.45, 2.75) is 0 Å². The third kappa shape index (κ3) is 2.45. The van der Waals surface area contributed by atoms with Crippen molar-refractivity contribution < 1.29 is 8.85 Å². The van der Waals surface area contributed by atoms with E-state index in [1.165, 1.54) is 14.2 Å². The Morgan fingerprint density at radius 3 is 1.92 bits per heavy atom. The monoisotopic (exact) mass is 236 g/mol. The average molecular weight is 237 g/mol. The van der Waals surface area contributed by atoms with Gasteiger partial charge in [0.15, 0.2) is 0 Å². The summed E-state index contributed by atoms with van der Waals surface area (Å²) in [5.74, 6) is 0. The lowest BCUT2D eigenvalue weighted by Crippen LogP contribution is -2.46. The lowest BCUT2D eigenvalue weighted by atomic mass is 10.4. The Balaban J connectivity index is 2.99. The maximum Gasteiger partial charge on any atom is 0.477 e. The smallest absolute Gasteiger partial charge is 0.383 e. The van der Waals surface area contributed by atoms with Gasteiger partial charge in [0.2, 0.25) is 0 Å². The molecular weight excluding hydrogens is 227 g/mol. The van der Waals surface area contributed by atoms with E-state index in [9.17, 15) is 0 Å². The van der Waals surface area contributed by atoms with Crippen LogP contribution in [-0.4, -0.2) is 22.1 Å². The van der Waals surface area contributed by atoms with Gasteiger partial charge in [-0.1, -0.05) is 34.8 Å². The lowest BCUT2D eigenvalue weighted by Gasteiger charge is -2.19. The van der Waals surface area contributed by atoms with Gasteiger partial charge < -0.3 is 8.85 Å². The summed E-state index contributed by atoms with van der Waals surface area (Å²) in [5.41, 5.74) is 0. The van der Waals surface area contributed by atoms with Crippen molar-refractivity contribution in [3.8, 4) is 0 Å². The molecule has 0 aromatic heterocycles. The summed E-state index contributed by atoms with van der Waals surface area (Å²) in [4.78, 5) is 0. The van der Waals surface area contributed by atoms with E-state index in [0.29, 0.717) is 5.02 Å². The van der Waals surface area contributed by atoms with Gasteiger partial charge in [0.25, 0.3) is 0 Å². The van der Waals surface area contributed by atoms with Crippen LogP contribution in [0.1, 0.15) is 0 Å². The van der Waals surface area contributed by atoms with E-state index in [0.717, 1.165) is 5.19 Å². The van der Waals surface area contributed by atoms with Crippen LogP contribution in [-0.2, 0) is 8.85 Å². The van der Waals surface area contributed by atoms with Crippen LogP contribution in [0.15, 0.2) is 24.3 Å². The highest BCUT2D eigenvalue weighted by Gasteiger charge is 2.36. The fourth-order valence-electron chi connectivity index (χ4n) is 0.968. The number of benzene rings is 1. The van der Waals surface area contributed by atoms with Gasteiger partial charge in [-0.15, -0.1) is 0 Å². The Morgan fingerprint density at radius 1 is 1.08 bits per heavy atom. The van der Waals surface area contributed by atoms with E-state index in [4.69, 9.17) is 31.5 Å². The van der Waals surface area contributed by atoms with Crippen molar-refractivity contribution in [3.05, 3.63) is 29.3 Å². The van der Waals surface area contributed by atoms with E-state index in [2.05, 4.69) is 0 Å². The van der Waals surface area contributed by atoms with Gasteiger partial charge in [0, 0.05) is 24.4 Å². The second-order valence-electron chi connectivity index (χ2n) is 2.45. The van der Waals surface area contributed by atoms with Gasteiger partial charge >= 0.3 is 7.87 Å². The molecule has 13 heavy (non-hydrogen) atoms. The van der Waals surface area contributed by atoms with E-state index in [-0.39, 0.29) is 0 Å². The summed E-state index contributed by atoms with van der Waals surface area (Å²) in [7, 11) is 0.395. The standard InChI is InChI=1S/C8H10Cl2O2Si/c1-11-13(10,12-2)8-5-3-7(9)4-6-8/h3-6H,1-2H3. The van der Waals surface area contributed by atoms with E-state index >= 15 is 0 Å². The molecule has 0 aliphatic heterocycles. The molecule has 0 heterocycles. The summed E-state index contributed by atoms with van der Waals surface area (Å²) in [5, 5.41) is 1.52. The minimum absolute atomic E-state index is 0.670. The van der Waals surface area contributed by atoms with Gasteiger partial charge in [0.1, 0.15) is 0 Å². The maximum atomic E-state index is 6.14. The largest absolute Gasteiger partial charge is 0.477 e. The molecule has 0 unspecified atom stereocenters. The molecule has 0 saturated carbocycles. The van der Waals surface area contributed by atoms with Crippen molar-refractivity contribution in [2.75, 3.05) is 14.2 Å². The van der Waals surface area contributed by atoms with Crippen LogP contribution in [0.25, 0.3) is 0 Å². The summed E-state index contributed by atoms with van der Waals surface area (Å²) in [6.45, 7) is 0. The van der Waals surface area contributed by atoms with Crippen molar-refractivity contribution >= 4 is 35.7 Å². The summed E-state index contributed by atoms with van der Waals surface area (Å²) in [6, 6.07) is 7.15. The molecule has 0 aliphatic carbocycles. The van der Waals surface area contributed by atoms with Crippen LogP contribution in [0.4, 0.5) is 0 Å². The van der Waals surface area contributed by atoms with Crippen LogP contribution < -0.4 is 5.19 Å². The molecule has 0 atom stereocenters. The van der Waals surface area contributed by atoms with Crippen LogP contribution >= 0.6 is 22.7 Å². The fraction of sp³-hybridized carbons (Fsp3) is 0.250. The molecule has 1 aromatic rings. The maximum absolute atomic E-state index is 6.14. The van der Waals surface area contributed by atoms with Gasteiger partial charge in [-0.2, -0.15) is 0 Å². The summed E-state index contributed by atoms with van der Waals surface area (Å²) in [6.07, 6.45) is 0. The quantitative estimate of drug-likeness (QED) is 0.591. The van der Waals surface area contributed by atoms with Gasteiger partial charge in [-0.05, 0) is 12.1 Å². The molecule has 2 nitrogen and oxygen atoms in total. The molecule has 5 heteroatoms. The first-order valence-corrected chi connectivity index (χ1v) is 6.88. The lowest BCUT2D eigenvalue weighted by molar-refractivity contribution is 0.281. The first-order chi connectivity index (χ1) is 6.12. The fourth-order valence-corrected chi connectivity index (χ4v) is 2.67. The minimum atomic E-state index is -2.68. The number of hydrogen-bond acceptors (Lipinski definition) is 2. The van der Waals surface area contributed by atoms with E-state index in [1.807, 2.05) is 12.1 Å². The zero-order valence-corrected chi connectivity index (χ0v) is 9.89. The van der Waals surface area contributed by atoms with E-state index < -0.39 is 7.87 Å². The van der Waals surface area contributed by atoms with Crippen molar-refractivity contribution in [2.24, 2.45) is 0 Å². The molecule has 0 aliphatic rings. The van der Waals surface area contributed by atoms with Crippen molar-refractivity contribution in [1.82, 2.24) is 0 Å². The Hall–Kier alpha value is -0.0631. The van der Waals surface area contributed by atoms with Gasteiger partial charge in [-0.25, -0.2) is 0 Å². The first-order valence-electron chi connectivity index (χ1n) is 3.67. The molecule has 0 N–H and O–H groups in total. The Bertz CT molecular complexity index is 272. The van der Waals surface area contributed by atoms with Crippen molar-refractivity contribution in [3.63, 3.8) is 0 Å². The molecule has 0 fully saturated rings. The van der Waals surface area contributed by atoms with Crippen LogP contribution in [0.3, 0.4) is 0 Å². The summed E-state index contributed by atoms with van der Waals surface area (Å²) < 4.78 is 10.3. The van der Waals surface area contributed by atoms with Crippen LogP contribution in [0.5, 0.6) is 0 Å². The predicted molar refractivity (Wildman–Crippen MR) is 56.7 cm³/mol. The Labute approximate surface area is 88.3 Å². The molecule has 1 aromatic carbocycles. The highest BCUT2D eigenvalue weighted by molar-refractivity contribution is 7.20. The van der Waals surface area contributed by atoms with Crippen molar-refractivity contribution in [1.29, 1.82) is 0 Å². The highest BCUT2D eigenvalue weighted by atomic mass is 35.6. The second kappa shape index (κ2) is 4.44. The normalized spacial score (nSPS) is 11.7. The molecule has 1 rings (SSSR count). The topological polar surface area (TPSA) is 18.5 Å². The van der Waals surface area contributed by atoms with Gasteiger partial charge in [0.05, 0.1) is 0 Å². The SMILES string of the molecule is CO[Si](Cl)(OC)c1ccc(Cl)cc1. The molecule has 0 amide bonds. The van der Waals surface area contributed by atoms with Crippen LogP contribution in [0, 0.1) is 0 Å². The Kier molecular flexibility index (Phi) is 3.76. The second-order valence-corrected chi connectivity index (χ2v) is 6.85.